The first-order valence-corrected chi connectivity index (χ1v) is 7.02. The van der Waals surface area contributed by atoms with Gasteiger partial charge in [-0.15, -0.1) is 0 Å². The minimum absolute atomic E-state index is 0.259. The Morgan fingerprint density at radius 1 is 1.11 bits per heavy atom. The Kier molecular flexibility index (Phi) is 4.59. The van der Waals surface area contributed by atoms with Crippen molar-refractivity contribution in [2.75, 3.05) is 0 Å². The van der Waals surface area contributed by atoms with E-state index in [0.29, 0.717) is 17.0 Å². The van der Waals surface area contributed by atoms with Crippen molar-refractivity contribution in [3.8, 4) is 5.75 Å². The highest BCUT2D eigenvalue weighted by atomic mass is 79.9. The van der Waals surface area contributed by atoms with Gasteiger partial charge in [-0.05, 0) is 57.2 Å². The second kappa shape index (κ2) is 6.20. The summed E-state index contributed by atoms with van der Waals surface area (Å²) in [7, 11) is 0. The van der Waals surface area contributed by atoms with Gasteiger partial charge in [0.2, 0.25) is 0 Å². The zero-order valence-corrected chi connectivity index (χ0v) is 12.6. The van der Waals surface area contributed by atoms with Gasteiger partial charge in [0, 0.05) is 0 Å². The van der Waals surface area contributed by atoms with Gasteiger partial charge in [-0.1, -0.05) is 32.0 Å². The van der Waals surface area contributed by atoms with E-state index >= 15 is 0 Å². The van der Waals surface area contributed by atoms with E-state index in [1.165, 1.54) is 11.6 Å². The third-order valence-corrected chi connectivity index (χ3v) is 3.54. The smallest absolute Gasteiger partial charge is 0.137 e. The molecule has 0 heterocycles. The van der Waals surface area contributed by atoms with Crippen LogP contribution in [0.15, 0.2) is 46.9 Å². The summed E-state index contributed by atoms with van der Waals surface area (Å²) in [4.78, 5) is 0. The molecule has 2 aromatic carbocycles. The van der Waals surface area contributed by atoms with Crippen LogP contribution in [-0.4, -0.2) is 0 Å². The minimum atomic E-state index is -0.259. The first kappa shape index (κ1) is 14.1. The van der Waals surface area contributed by atoms with Crippen molar-refractivity contribution >= 4 is 15.9 Å². The molecule has 0 unspecified atom stereocenters. The monoisotopic (exact) mass is 322 g/mol. The summed E-state index contributed by atoms with van der Waals surface area (Å²) in [5, 5.41) is 0. The van der Waals surface area contributed by atoms with Gasteiger partial charge < -0.3 is 4.74 Å². The summed E-state index contributed by atoms with van der Waals surface area (Å²) >= 11 is 3.17. The fraction of sp³-hybridized carbons (Fsp3) is 0.250. The lowest BCUT2D eigenvalue weighted by molar-refractivity contribution is 0.306. The number of hydrogen-bond acceptors (Lipinski definition) is 1. The number of halogens is 2. The summed E-state index contributed by atoms with van der Waals surface area (Å²) in [6, 6.07) is 13.0. The lowest BCUT2D eigenvalue weighted by Crippen LogP contribution is -1.96. The highest BCUT2D eigenvalue weighted by Crippen LogP contribution is 2.21. The molecule has 0 fully saturated rings. The predicted octanol–water partition coefficient (Wildman–Crippen LogP) is 5.29. The minimum Gasteiger partial charge on any atom is -0.489 e. The highest BCUT2D eigenvalue weighted by Gasteiger charge is 2.02. The topological polar surface area (TPSA) is 9.23 Å². The fourth-order valence-corrected chi connectivity index (χ4v) is 2.17. The largest absolute Gasteiger partial charge is 0.489 e. The van der Waals surface area contributed by atoms with E-state index in [9.17, 15) is 4.39 Å². The van der Waals surface area contributed by atoms with E-state index in [0.717, 1.165) is 11.3 Å². The van der Waals surface area contributed by atoms with Crippen LogP contribution in [0, 0.1) is 5.82 Å². The van der Waals surface area contributed by atoms with Gasteiger partial charge in [-0.2, -0.15) is 0 Å². The Morgan fingerprint density at radius 2 is 1.79 bits per heavy atom. The lowest BCUT2D eigenvalue weighted by Gasteiger charge is -2.09. The average Bonchev–Trinajstić information content (AvgIpc) is 2.40. The molecular weight excluding hydrogens is 307 g/mol. The van der Waals surface area contributed by atoms with Crippen molar-refractivity contribution in [2.24, 2.45) is 0 Å². The van der Waals surface area contributed by atoms with Crippen molar-refractivity contribution in [3.63, 3.8) is 0 Å². The molecule has 0 aliphatic heterocycles. The maximum atomic E-state index is 13.1. The van der Waals surface area contributed by atoms with Crippen LogP contribution in [0.25, 0.3) is 0 Å². The molecule has 2 aromatic rings. The molecule has 0 saturated carbocycles. The molecule has 1 nitrogen and oxygen atoms in total. The normalized spacial score (nSPS) is 10.8. The summed E-state index contributed by atoms with van der Waals surface area (Å²) in [6.07, 6.45) is 0. The molecule has 0 atom stereocenters. The van der Waals surface area contributed by atoms with Crippen LogP contribution in [0.4, 0.5) is 4.39 Å². The second-order valence-corrected chi connectivity index (χ2v) is 5.62. The van der Waals surface area contributed by atoms with Gasteiger partial charge in [0.25, 0.3) is 0 Å². The molecule has 19 heavy (non-hydrogen) atoms. The Morgan fingerprint density at radius 3 is 2.37 bits per heavy atom. The average molecular weight is 323 g/mol. The fourth-order valence-electron chi connectivity index (χ4n) is 1.75. The standard InChI is InChI=1S/C16H16BrFO/c1-11(2)13-4-6-14(7-5-13)19-10-12-3-8-16(18)15(17)9-12/h3-9,11H,10H2,1-2H3. The predicted molar refractivity (Wildman–Crippen MR) is 79.0 cm³/mol. The van der Waals surface area contributed by atoms with Gasteiger partial charge in [0.05, 0.1) is 4.47 Å². The van der Waals surface area contributed by atoms with E-state index in [1.807, 2.05) is 12.1 Å². The van der Waals surface area contributed by atoms with Crippen LogP contribution in [0.5, 0.6) is 5.75 Å². The highest BCUT2D eigenvalue weighted by molar-refractivity contribution is 9.10. The van der Waals surface area contributed by atoms with E-state index < -0.39 is 0 Å². The number of rotatable bonds is 4. The van der Waals surface area contributed by atoms with Gasteiger partial charge in [-0.3, -0.25) is 0 Å². The maximum Gasteiger partial charge on any atom is 0.137 e. The molecular formula is C16H16BrFO. The SMILES string of the molecule is CC(C)c1ccc(OCc2ccc(F)c(Br)c2)cc1. The van der Waals surface area contributed by atoms with Crippen LogP contribution in [-0.2, 0) is 6.61 Å². The molecule has 0 bridgehead atoms. The summed E-state index contributed by atoms with van der Waals surface area (Å²) in [5.41, 5.74) is 2.22. The summed E-state index contributed by atoms with van der Waals surface area (Å²) in [6.45, 7) is 4.75. The molecule has 2 rings (SSSR count). The van der Waals surface area contributed by atoms with Crippen molar-refractivity contribution in [3.05, 3.63) is 63.9 Å². The van der Waals surface area contributed by atoms with Crippen molar-refractivity contribution < 1.29 is 9.13 Å². The third-order valence-electron chi connectivity index (χ3n) is 2.94. The first-order valence-electron chi connectivity index (χ1n) is 6.23. The molecule has 3 heteroatoms. The molecule has 0 aromatic heterocycles. The van der Waals surface area contributed by atoms with E-state index in [-0.39, 0.29) is 5.82 Å². The quantitative estimate of drug-likeness (QED) is 0.743. The Labute approximate surface area is 121 Å². The van der Waals surface area contributed by atoms with Gasteiger partial charge >= 0.3 is 0 Å². The van der Waals surface area contributed by atoms with Crippen LogP contribution >= 0.6 is 15.9 Å². The summed E-state index contributed by atoms with van der Waals surface area (Å²) in [5.74, 6) is 1.08. The van der Waals surface area contributed by atoms with Crippen LogP contribution < -0.4 is 4.74 Å². The Balaban J connectivity index is 2.00. The Bertz CT molecular complexity index is 549. The van der Waals surface area contributed by atoms with E-state index in [2.05, 4.69) is 41.9 Å². The Hall–Kier alpha value is -1.35. The molecule has 0 aliphatic carbocycles. The first-order chi connectivity index (χ1) is 9.06. The molecule has 0 spiro atoms. The molecule has 100 valence electrons. The lowest BCUT2D eigenvalue weighted by atomic mass is 10.0. The maximum absolute atomic E-state index is 13.1. The van der Waals surface area contributed by atoms with Gasteiger partial charge in [0.15, 0.2) is 0 Å². The molecule has 0 aliphatic rings. The van der Waals surface area contributed by atoms with E-state index in [4.69, 9.17) is 4.74 Å². The third kappa shape index (κ3) is 3.80. The zero-order chi connectivity index (χ0) is 13.8. The number of hydrogen-bond donors (Lipinski definition) is 0. The van der Waals surface area contributed by atoms with Crippen LogP contribution in [0.1, 0.15) is 30.9 Å². The van der Waals surface area contributed by atoms with Crippen LogP contribution in [0.2, 0.25) is 0 Å². The van der Waals surface area contributed by atoms with E-state index in [1.54, 1.807) is 12.1 Å². The molecule has 0 saturated heterocycles. The molecule has 0 amide bonds. The zero-order valence-electron chi connectivity index (χ0n) is 11.0. The van der Waals surface area contributed by atoms with Crippen molar-refractivity contribution in [1.29, 1.82) is 0 Å². The van der Waals surface area contributed by atoms with Gasteiger partial charge in [0.1, 0.15) is 18.2 Å². The molecule has 0 N–H and O–H groups in total. The summed E-state index contributed by atoms with van der Waals surface area (Å²) < 4.78 is 19.2. The van der Waals surface area contributed by atoms with Gasteiger partial charge in [-0.25, -0.2) is 4.39 Å². The van der Waals surface area contributed by atoms with Crippen molar-refractivity contribution in [1.82, 2.24) is 0 Å². The number of ether oxygens (including phenoxy) is 1. The second-order valence-electron chi connectivity index (χ2n) is 4.76. The number of benzene rings is 2. The van der Waals surface area contributed by atoms with Crippen LogP contribution in [0.3, 0.4) is 0 Å². The van der Waals surface area contributed by atoms with Crippen molar-refractivity contribution in [2.45, 2.75) is 26.4 Å². The molecule has 0 radical (unpaired) electrons.